The van der Waals surface area contributed by atoms with Crippen molar-refractivity contribution >= 4 is 0 Å². The molecule has 1 N–H and O–H groups in total. The van der Waals surface area contributed by atoms with Crippen molar-refractivity contribution in [2.24, 2.45) is 0 Å². The van der Waals surface area contributed by atoms with Crippen LogP contribution < -0.4 is 0 Å². The molecular formula is C12H20N2O. The predicted octanol–water partition coefficient (Wildman–Crippen LogP) is 2.09. The van der Waals surface area contributed by atoms with Crippen molar-refractivity contribution in [3.05, 3.63) is 17.7 Å². The number of imidazole rings is 1. The number of aryl methyl sites for hydroxylation is 1. The van der Waals surface area contributed by atoms with E-state index in [4.69, 9.17) is 0 Å². The van der Waals surface area contributed by atoms with Gasteiger partial charge in [-0.1, -0.05) is 6.92 Å². The highest BCUT2D eigenvalue weighted by atomic mass is 16.3. The molecule has 2 unspecified atom stereocenters. The Morgan fingerprint density at radius 3 is 2.93 bits per heavy atom. The van der Waals surface area contributed by atoms with Gasteiger partial charge >= 0.3 is 0 Å². The molecule has 3 nitrogen and oxygen atoms in total. The van der Waals surface area contributed by atoms with Crippen molar-refractivity contribution in [2.45, 2.75) is 58.1 Å². The molecule has 1 aromatic rings. The molecule has 1 heterocycles. The van der Waals surface area contributed by atoms with Gasteiger partial charge in [0, 0.05) is 5.69 Å². The van der Waals surface area contributed by atoms with E-state index in [1.165, 1.54) is 24.2 Å². The smallest absolute Gasteiger partial charge is 0.0955 e. The minimum Gasteiger partial charge on any atom is -0.391 e. The highest BCUT2D eigenvalue weighted by Gasteiger charge is 2.21. The number of hydrogen-bond acceptors (Lipinski definition) is 2. The fourth-order valence-corrected chi connectivity index (χ4v) is 2.37. The van der Waals surface area contributed by atoms with Gasteiger partial charge in [0.15, 0.2) is 0 Å². The topological polar surface area (TPSA) is 38.0 Å². The summed E-state index contributed by atoms with van der Waals surface area (Å²) in [6, 6.07) is 0.157. The fraction of sp³-hybridized carbons (Fsp3) is 0.750. The van der Waals surface area contributed by atoms with Gasteiger partial charge in [0.05, 0.1) is 24.2 Å². The monoisotopic (exact) mass is 208 g/mol. The van der Waals surface area contributed by atoms with Crippen LogP contribution in [-0.2, 0) is 12.8 Å². The van der Waals surface area contributed by atoms with E-state index in [1.807, 2.05) is 13.3 Å². The number of fused-ring (bicyclic) bond motifs is 1. The lowest BCUT2D eigenvalue weighted by Gasteiger charge is -2.23. The second-order valence-corrected chi connectivity index (χ2v) is 4.47. The maximum Gasteiger partial charge on any atom is 0.0955 e. The van der Waals surface area contributed by atoms with Crippen LogP contribution in [0.4, 0.5) is 0 Å². The van der Waals surface area contributed by atoms with E-state index in [2.05, 4.69) is 16.5 Å². The van der Waals surface area contributed by atoms with Gasteiger partial charge in [-0.3, -0.25) is 0 Å². The van der Waals surface area contributed by atoms with Crippen molar-refractivity contribution in [2.75, 3.05) is 0 Å². The molecule has 0 amide bonds. The maximum atomic E-state index is 9.85. The second-order valence-electron chi connectivity index (χ2n) is 4.47. The Labute approximate surface area is 91.1 Å². The van der Waals surface area contributed by atoms with Gasteiger partial charge in [-0.15, -0.1) is 0 Å². The largest absolute Gasteiger partial charge is 0.391 e. The zero-order chi connectivity index (χ0) is 10.8. The molecule has 0 bridgehead atoms. The van der Waals surface area contributed by atoms with Crippen LogP contribution in [-0.4, -0.2) is 20.8 Å². The molecule has 1 aliphatic rings. The zero-order valence-electron chi connectivity index (χ0n) is 9.61. The first-order valence-electron chi connectivity index (χ1n) is 5.96. The number of rotatable bonds is 3. The number of nitrogens with zero attached hydrogens (tertiary/aromatic N) is 2. The summed E-state index contributed by atoms with van der Waals surface area (Å²) < 4.78 is 2.17. The Balaban J connectivity index is 2.24. The van der Waals surface area contributed by atoms with Crippen LogP contribution >= 0.6 is 0 Å². The van der Waals surface area contributed by atoms with E-state index < -0.39 is 0 Å². The van der Waals surface area contributed by atoms with Gasteiger partial charge in [0.25, 0.3) is 0 Å². The lowest BCUT2D eigenvalue weighted by molar-refractivity contribution is 0.115. The maximum absolute atomic E-state index is 9.85. The quantitative estimate of drug-likeness (QED) is 0.826. The van der Waals surface area contributed by atoms with Crippen molar-refractivity contribution in [3.63, 3.8) is 0 Å². The Morgan fingerprint density at radius 1 is 1.47 bits per heavy atom. The average molecular weight is 208 g/mol. The van der Waals surface area contributed by atoms with Gasteiger partial charge in [0.2, 0.25) is 0 Å². The van der Waals surface area contributed by atoms with E-state index in [0.717, 1.165) is 19.3 Å². The summed E-state index contributed by atoms with van der Waals surface area (Å²) in [4.78, 5) is 4.45. The van der Waals surface area contributed by atoms with E-state index in [-0.39, 0.29) is 12.1 Å². The van der Waals surface area contributed by atoms with Crippen LogP contribution in [0, 0.1) is 0 Å². The molecule has 0 saturated carbocycles. The van der Waals surface area contributed by atoms with Crippen LogP contribution in [0.15, 0.2) is 6.33 Å². The highest BCUT2D eigenvalue weighted by molar-refractivity contribution is 5.17. The first-order valence-corrected chi connectivity index (χ1v) is 5.96. The van der Waals surface area contributed by atoms with Crippen LogP contribution in [0.1, 0.15) is 50.5 Å². The SMILES string of the molecule is CCC(O)C(C)n1cnc2c1CCCC2. The number of aliphatic hydroxyl groups excluding tert-OH is 1. The number of aliphatic hydroxyl groups is 1. The summed E-state index contributed by atoms with van der Waals surface area (Å²) in [5.74, 6) is 0. The molecule has 0 spiro atoms. The van der Waals surface area contributed by atoms with Crippen LogP contribution in [0.5, 0.6) is 0 Å². The van der Waals surface area contributed by atoms with E-state index >= 15 is 0 Å². The first-order chi connectivity index (χ1) is 7.24. The minimum absolute atomic E-state index is 0.157. The van der Waals surface area contributed by atoms with Crippen LogP contribution in [0.25, 0.3) is 0 Å². The van der Waals surface area contributed by atoms with Crippen LogP contribution in [0.3, 0.4) is 0 Å². The summed E-state index contributed by atoms with van der Waals surface area (Å²) in [7, 11) is 0. The molecule has 1 aliphatic carbocycles. The number of hydrogen-bond donors (Lipinski definition) is 1. The fourth-order valence-electron chi connectivity index (χ4n) is 2.37. The number of aromatic nitrogens is 2. The second kappa shape index (κ2) is 4.35. The molecule has 0 aliphatic heterocycles. The van der Waals surface area contributed by atoms with Gasteiger partial charge < -0.3 is 9.67 Å². The van der Waals surface area contributed by atoms with Gasteiger partial charge in [-0.05, 0) is 39.0 Å². The van der Waals surface area contributed by atoms with E-state index in [9.17, 15) is 5.11 Å². The van der Waals surface area contributed by atoms with Crippen molar-refractivity contribution < 1.29 is 5.11 Å². The molecule has 2 rings (SSSR count). The van der Waals surface area contributed by atoms with Crippen molar-refractivity contribution in [1.29, 1.82) is 0 Å². The Hall–Kier alpha value is -0.830. The molecule has 0 saturated heterocycles. The standard InChI is InChI=1S/C12H20N2O/c1-3-12(15)9(2)14-8-13-10-6-4-5-7-11(10)14/h8-9,12,15H,3-7H2,1-2H3. The molecule has 0 fully saturated rings. The summed E-state index contributed by atoms with van der Waals surface area (Å²) >= 11 is 0. The molecule has 15 heavy (non-hydrogen) atoms. The predicted molar refractivity (Wildman–Crippen MR) is 59.9 cm³/mol. The third-order valence-corrected chi connectivity index (χ3v) is 3.47. The Bertz CT molecular complexity index is 332. The van der Waals surface area contributed by atoms with E-state index in [0.29, 0.717) is 0 Å². The summed E-state index contributed by atoms with van der Waals surface area (Å²) in [6.45, 7) is 4.09. The van der Waals surface area contributed by atoms with Gasteiger partial charge in [-0.25, -0.2) is 4.98 Å². The van der Waals surface area contributed by atoms with Crippen molar-refractivity contribution in [3.8, 4) is 0 Å². The molecule has 1 aromatic heterocycles. The Kier molecular flexibility index (Phi) is 3.10. The van der Waals surface area contributed by atoms with Gasteiger partial charge in [-0.2, -0.15) is 0 Å². The van der Waals surface area contributed by atoms with E-state index in [1.54, 1.807) is 0 Å². The summed E-state index contributed by atoms with van der Waals surface area (Å²) in [6.07, 6.45) is 7.19. The highest BCUT2D eigenvalue weighted by Crippen LogP contribution is 2.24. The van der Waals surface area contributed by atoms with Crippen LogP contribution in [0.2, 0.25) is 0 Å². The first kappa shape index (κ1) is 10.7. The molecule has 84 valence electrons. The molecule has 2 atom stereocenters. The molecule has 0 aromatic carbocycles. The zero-order valence-corrected chi connectivity index (χ0v) is 9.61. The summed E-state index contributed by atoms with van der Waals surface area (Å²) in [5.41, 5.74) is 2.60. The lowest BCUT2D eigenvalue weighted by Crippen LogP contribution is -2.22. The van der Waals surface area contributed by atoms with Gasteiger partial charge in [0.1, 0.15) is 0 Å². The minimum atomic E-state index is -0.259. The molecule has 0 radical (unpaired) electrons. The van der Waals surface area contributed by atoms with Crippen molar-refractivity contribution in [1.82, 2.24) is 9.55 Å². The summed E-state index contributed by atoms with van der Waals surface area (Å²) in [5, 5.41) is 9.85. The average Bonchev–Trinajstić information content (AvgIpc) is 2.70. The normalized spacial score (nSPS) is 19.7. The molecule has 3 heteroatoms. The third kappa shape index (κ3) is 1.93. The lowest BCUT2D eigenvalue weighted by atomic mass is 10.00. The molecular weight excluding hydrogens is 188 g/mol. The third-order valence-electron chi connectivity index (χ3n) is 3.47. The Morgan fingerprint density at radius 2 is 2.20 bits per heavy atom.